The average molecular weight is 1020 g/mol. The molecule has 4 heterocycles. The number of aromatic nitrogens is 8. The standard InChI is InChI=1S/C28H50ClN5O.C27H32ClN5O3/c1-9-10-11-12-13-14-15-16-17-18-19-20-21(35)30-28(7,8)27(5,6)25-32-31-24-22(29)23(26(2,3)4)33-34(24)25;1-17-8-12-21(13-9-17)36-18(2)26(34)29-19-10-14-20(15-11-19)35-16-6-7-22-30-25-23(28)24(27(3,4)5)32-33(25)31-22/h33H,9-20H2,1-8H3,(H,30,35);8-15,18,32H,6-7,16H2,1-5H3,(H,29,34). The Balaban J connectivity index is 0.000000264. The zero-order chi connectivity index (χ0) is 52.1. The van der Waals surface area contributed by atoms with Crippen LogP contribution in [-0.4, -0.2) is 69.7 Å². The van der Waals surface area contributed by atoms with Crippen LogP contribution in [0.5, 0.6) is 11.5 Å². The minimum atomic E-state index is -0.623. The van der Waals surface area contributed by atoms with E-state index in [2.05, 4.69) is 117 Å². The molecule has 71 heavy (non-hydrogen) atoms. The second kappa shape index (κ2) is 25.0. The maximum atomic E-state index is 12.8. The van der Waals surface area contributed by atoms with Crippen LogP contribution in [0.2, 0.25) is 10.0 Å². The van der Waals surface area contributed by atoms with Crippen molar-refractivity contribution in [3.63, 3.8) is 0 Å². The summed E-state index contributed by atoms with van der Waals surface area (Å²) in [5, 5.41) is 27.3. The number of fused-ring (bicyclic) bond motifs is 2. The Morgan fingerprint density at radius 2 is 1.25 bits per heavy atom. The van der Waals surface area contributed by atoms with Crippen molar-refractivity contribution in [1.29, 1.82) is 0 Å². The number of H-pyrrole nitrogens is 2. The lowest BCUT2D eigenvalue weighted by Crippen LogP contribution is -2.56. The Bertz CT molecular complexity index is 2610. The predicted molar refractivity (Wildman–Crippen MR) is 289 cm³/mol. The highest BCUT2D eigenvalue weighted by molar-refractivity contribution is 6.34. The molecule has 1 atom stereocenters. The number of amides is 2. The topological polar surface area (TPSA) is 169 Å². The summed E-state index contributed by atoms with van der Waals surface area (Å²) >= 11 is 13.1. The summed E-state index contributed by atoms with van der Waals surface area (Å²) in [6.07, 6.45) is 15.4. The van der Waals surface area contributed by atoms with Crippen LogP contribution in [0.1, 0.15) is 195 Å². The first-order chi connectivity index (χ1) is 33.4. The number of nitrogens with one attached hydrogen (secondary N) is 4. The highest BCUT2D eigenvalue weighted by atomic mass is 35.5. The summed E-state index contributed by atoms with van der Waals surface area (Å²) in [5.41, 5.74) is 3.68. The molecule has 0 aliphatic carbocycles. The van der Waals surface area contributed by atoms with Crippen LogP contribution < -0.4 is 20.1 Å². The summed E-state index contributed by atoms with van der Waals surface area (Å²) in [7, 11) is 0. The molecule has 0 bridgehead atoms. The molecule has 0 fully saturated rings. The molecule has 6 rings (SSSR count). The third-order valence-corrected chi connectivity index (χ3v) is 14.0. The van der Waals surface area contributed by atoms with Gasteiger partial charge in [-0.15, -0.1) is 15.3 Å². The summed E-state index contributed by atoms with van der Waals surface area (Å²) in [6.45, 7) is 27.4. The van der Waals surface area contributed by atoms with Gasteiger partial charge in [0, 0.05) is 40.3 Å². The van der Waals surface area contributed by atoms with Gasteiger partial charge in [0.2, 0.25) is 5.91 Å². The largest absolute Gasteiger partial charge is 0.494 e. The van der Waals surface area contributed by atoms with Crippen LogP contribution in [-0.2, 0) is 32.3 Å². The number of carbonyl (C=O) groups excluding carboxylic acids is 2. The zero-order valence-electron chi connectivity index (χ0n) is 44.9. The molecule has 0 saturated heterocycles. The number of unbranched alkanes of at least 4 members (excludes halogenated alkanes) is 10. The van der Waals surface area contributed by atoms with Crippen LogP contribution in [0.3, 0.4) is 0 Å². The SMILES string of the molecule is CCCCCCCCCCCCCC(=O)NC(C)(C)C(C)(C)c1nnc2c(Cl)c(C(C)(C)C)[nH]n12.Cc1ccc(OC(C)C(=O)Nc2ccc(OCCCc3nc4c(Cl)c(C(C)(C)C)[nH]n4n3)cc2)cc1. The Kier molecular flexibility index (Phi) is 20.0. The molecule has 4 N–H and O–H groups in total. The van der Waals surface area contributed by atoms with E-state index in [4.69, 9.17) is 32.7 Å². The second-order valence-corrected chi connectivity index (χ2v) is 22.9. The molecule has 0 radical (unpaired) electrons. The number of halogens is 2. The van der Waals surface area contributed by atoms with Crippen LogP contribution in [0.25, 0.3) is 11.3 Å². The van der Waals surface area contributed by atoms with E-state index in [1.54, 1.807) is 23.7 Å². The first-order valence-corrected chi connectivity index (χ1v) is 26.5. The zero-order valence-corrected chi connectivity index (χ0v) is 46.4. The highest BCUT2D eigenvalue weighted by Gasteiger charge is 2.44. The Hall–Kier alpha value is -5.08. The van der Waals surface area contributed by atoms with E-state index in [0.29, 0.717) is 58.0 Å². The molecular weight excluding hydrogens is 936 g/mol. The minimum Gasteiger partial charge on any atom is -0.494 e. The molecule has 390 valence electrons. The number of anilines is 1. The van der Waals surface area contributed by atoms with Crippen molar-refractivity contribution in [2.75, 3.05) is 11.9 Å². The molecule has 6 aromatic rings. The summed E-state index contributed by atoms with van der Waals surface area (Å²) in [5.74, 6) is 2.73. The molecule has 2 amide bonds. The average Bonchev–Trinajstić information content (AvgIpc) is 4.07. The normalized spacial score (nSPS) is 12.8. The van der Waals surface area contributed by atoms with E-state index in [1.807, 2.05) is 47.8 Å². The summed E-state index contributed by atoms with van der Waals surface area (Å²) in [4.78, 5) is 29.8. The maximum absolute atomic E-state index is 12.8. The van der Waals surface area contributed by atoms with Crippen LogP contribution in [0.15, 0.2) is 48.5 Å². The monoisotopic (exact) mass is 1020 g/mol. The van der Waals surface area contributed by atoms with Gasteiger partial charge >= 0.3 is 0 Å². The molecule has 0 spiro atoms. The number of ether oxygens (including phenoxy) is 2. The lowest BCUT2D eigenvalue weighted by atomic mass is 9.73. The molecule has 14 nitrogen and oxygen atoms in total. The van der Waals surface area contributed by atoms with Gasteiger partial charge in [-0.05, 0) is 76.9 Å². The van der Waals surface area contributed by atoms with Gasteiger partial charge in [0.15, 0.2) is 29.0 Å². The predicted octanol–water partition coefficient (Wildman–Crippen LogP) is 13.6. The lowest BCUT2D eigenvalue weighted by Gasteiger charge is -2.40. The second-order valence-electron chi connectivity index (χ2n) is 22.2. The fourth-order valence-electron chi connectivity index (χ4n) is 8.12. The molecule has 0 aliphatic heterocycles. The van der Waals surface area contributed by atoms with E-state index < -0.39 is 17.1 Å². The summed E-state index contributed by atoms with van der Waals surface area (Å²) in [6, 6.07) is 14.9. The number of hydrogen-bond acceptors (Lipinski definition) is 8. The molecule has 4 aromatic heterocycles. The van der Waals surface area contributed by atoms with E-state index in [0.717, 1.165) is 47.8 Å². The fourth-order valence-corrected chi connectivity index (χ4v) is 9.02. The highest BCUT2D eigenvalue weighted by Crippen LogP contribution is 2.38. The van der Waals surface area contributed by atoms with Crippen molar-refractivity contribution in [1.82, 2.24) is 44.9 Å². The van der Waals surface area contributed by atoms with Gasteiger partial charge in [-0.25, -0.2) is 9.50 Å². The molecule has 0 aliphatic rings. The quantitative estimate of drug-likeness (QED) is 0.0434. The van der Waals surface area contributed by atoms with Gasteiger partial charge in [0.05, 0.1) is 18.0 Å². The van der Waals surface area contributed by atoms with Gasteiger partial charge in [-0.2, -0.15) is 4.63 Å². The minimum absolute atomic E-state index is 0.0969. The number of rotatable bonds is 24. The van der Waals surface area contributed by atoms with Crippen molar-refractivity contribution in [2.45, 2.75) is 208 Å². The number of aromatic amines is 2. The first-order valence-electron chi connectivity index (χ1n) is 25.8. The smallest absolute Gasteiger partial charge is 0.265 e. The van der Waals surface area contributed by atoms with Crippen LogP contribution in [0.4, 0.5) is 5.69 Å². The Morgan fingerprint density at radius 1 is 0.704 bits per heavy atom. The van der Waals surface area contributed by atoms with E-state index in [9.17, 15) is 9.59 Å². The van der Waals surface area contributed by atoms with E-state index in [-0.39, 0.29) is 22.6 Å². The molecule has 1 unspecified atom stereocenters. The Labute approximate surface area is 432 Å². The molecule has 2 aromatic carbocycles. The van der Waals surface area contributed by atoms with Gasteiger partial charge in [0.25, 0.3) is 5.91 Å². The first kappa shape index (κ1) is 56.8. The van der Waals surface area contributed by atoms with Gasteiger partial charge in [0.1, 0.15) is 21.5 Å². The van der Waals surface area contributed by atoms with Crippen molar-refractivity contribution in [3.05, 3.63) is 87.2 Å². The molecule has 16 heteroatoms. The van der Waals surface area contributed by atoms with Crippen molar-refractivity contribution in [3.8, 4) is 11.5 Å². The number of benzene rings is 2. The third-order valence-electron chi connectivity index (χ3n) is 13.3. The number of carbonyl (C=O) groups is 2. The van der Waals surface area contributed by atoms with Crippen molar-refractivity contribution >= 4 is 52.0 Å². The number of aryl methyl sites for hydroxylation is 2. The van der Waals surface area contributed by atoms with E-state index >= 15 is 0 Å². The van der Waals surface area contributed by atoms with Crippen molar-refractivity contribution < 1.29 is 19.1 Å². The maximum Gasteiger partial charge on any atom is 0.265 e. The Morgan fingerprint density at radius 3 is 1.83 bits per heavy atom. The molecule has 0 saturated carbocycles. The number of nitrogens with zero attached hydrogens (tertiary/aromatic N) is 6. The third kappa shape index (κ3) is 15.7. The van der Waals surface area contributed by atoms with Gasteiger partial charge < -0.3 is 20.1 Å². The van der Waals surface area contributed by atoms with E-state index in [1.165, 1.54) is 57.8 Å². The molecular formula is C55H82Cl2N10O4. The fraction of sp³-hybridized carbons (Fsp3) is 0.600. The number of hydrogen-bond donors (Lipinski definition) is 4. The van der Waals surface area contributed by atoms with Crippen molar-refractivity contribution in [2.24, 2.45) is 0 Å². The van der Waals surface area contributed by atoms with Gasteiger partial charge in [-0.1, -0.05) is 167 Å². The van der Waals surface area contributed by atoms with Crippen LogP contribution >= 0.6 is 23.2 Å². The van der Waals surface area contributed by atoms with Crippen LogP contribution in [0, 0.1) is 6.92 Å². The van der Waals surface area contributed by atoms with Gasteiger partial charge in [-0.3, -0.25) is 19.8 Å². The lowest BCUT2D eigenvalue weighted by molar-refractivity contribution is -0.123. The summed E-state index contributed by atoms with van der Waals surface area (Å²) < 4.78 is 15.1.